The van der Waals surface area contributed by atoms with Crippen molar-refractivity contribution in [2.45, 2.75) is 52.0 Å². The van der Waals surface area contributed by atoms with E-state index in [0.29, 0.717) is 5.41 Å². The largest absolute Gasteiger partial charge is 0.385 e. The van der Waals surface area contributed by atoms with Crippen LogP contribution in [-0.4, -0.2) is 26.3 Å². The van der Waals surface area contributed by atoms with Gasteiger partial charge in [-0.3, -0.25) is 0 Å². The first-order chi connectivity index (χ1) is 6.64. The second-order valence-corrected chi connectivity index (χ2v) is 5.27. The van der Waals surface area contributed by atoms with Gasteiger partial charge in [-0.2, -0.15) is 0 Å². The van der Waals surface area contributed by atoms with Gasteiger partial charge >= 0.3 is 0 Å². The first kappa shape index (κ1) is 12.0. The summed E-state index contributed by atoms with van der Waals surface area (Å²) in [4.78, 5) is 0. The lowest BCUT2D eigenvalue weighted by Crippen LogP contribution is -2.30. The monoisotopic (exact) mass is 199 g/mol. The average molecular weight is 199 g/mol. The fraction of sp³-hybridized carbons (Fsp3) is 1.00. The molecule has 0 aromatic heterocycles. The van der Waals surface area contributed by atoms with Gasteiger partial charge < -0.3 is 10.1 Å². The third-order valence-corrected chi connectivity index (χ3v) is 2.90. The van der Waals surface area contributed by atoms with Crippen LogP contribution in [0.2, 0.25) is 0 Å². The van der Waals surface area contributed by atoms with Crippen LogP contribution in [0.1, 0.15) is 46.0 Å². The van der Waals surface area contributed by atoms with Crippen molar-refractivity contribution in [1.29, 1.82) is 0 Å². The van der Waals surface area contributed by atoms with Crippen molar-refractivity contribution in [2.75, 3.05) is 20.3 Å². The van der Waals surface area contributed by atoms with E-state index in [9.17, 15) is 0 Å². The molecule has 1 aliphatic rings. The van der Waals surface area contributed by atoms with E-state index in [1.54, 1.807) is 7.11 Å². The Morgan fingerprint density at radius 2 is 2.00 bits per heavy atom. The minimum absolute atomic E-state index is 0.455. The number of ether oxygens (including phenoxy) is 1. The number of hydrogen-bond donors (Lipinski definition) is 1. The number of methoxy groups -OCH3 is 1. The third kappa shape index (κ3) is 5.61. The van der Waals surface area contributed by atoms with Gasteiger partial charge in [-0.1, -0.05) is 20.3 Å². The van der Waals surface area contributed by atoms with E-state index in [1.807, 2.05) is 0 Å². The van der Waals surface area contributed by atoms with Crippen LogP contribution in [0.5, 0.6) is 0 Å². The maximum atomic E-state index is 5.05. The predicted molar refractivity (Wildman–Crippen MR) is 60.5 cm³/mol. The zero-order valence-electron chi connectivity index (χ0n) is 9.94. The topological polar surface area (TPSA) is 21.3 Å². The van der Waals surface area contributed by atoms with Gasteiger partial charge in [-0.15, -0.1) is 0 Å². The highest BCUT2D eigenvalue weighted by molar-refractivity contribution is 4.83. The molecule has 1 N–H and O–H groups in total. The molecule has 0 atom stereocenters. The molecule has 0 radical (unpaired) electrons. The van der Waals surface area contributed by atoms with Gasteiger partial charge in [0.1, 0.15) is 0 Å². The van der Waals surface area contributed by atoms with Crippen LogP contribution in [0.3, 0.4) is 0 Å². The molecule has 14 heavy (non-hydrogen) atoms. The third-order valence-electron chi connectivity index (χ3n) is 2.90. The summed E-state index contributed by atoms with van der Waals surface area (Å²) in [5, 5.41) is 3.61. The van der Waals surface area contributed by atoms with Crippen molar-refractivity contribution in [3.05, 3.63) is 0 Å². The standard InChI is InChI=1S/C12H25NO/c1-12(2,8-4-5-9-14-3)10-13-11-6-7-11/h11,13H,4-10H2,1-3H3. The number of hydrogen-bond acceptors (Lipinski definition) is 2. The molecule has 0 aromatic rings. The molecule has 0 unspecified atom stereocenters. The summed E-state index contributed by atoms with van der Waals surface area (Å²) >= 11 is 0. The van der Waals surface area contributed by atoms with Gasteiger partial charge in [0.05, 0.1) is 0 Å². The van der Waals surface area contributed by atoms with Gasteiger partial charge in [0, 0.05) is 26.3 Å². The Balaban J connectivity index is 1.99. The number of rotatable bonds is 8. The van der Waals surface area contributed by atoms with E-state index in [0.717, 1.165) is 12.6 Å². The minimum atomic E-state index is 0.455. The van der Waals surface area contributed by atoms with Crippen molar-refractivity contribution in [3.8, 4) is 0 Å². The Morgan fingerprint density at radius 3 is 2.57 bits per heavy atom. The summed E-state index contributed by atoms with van der Waals surface area (Å²) in [5.74, 6) is 0. The maximum absolute atomic E-state index is 5.05. The second kappa shape index (κ2) is 5.72. The van der Waals surface area contributed by atoms with Crippen LogP contribution in [0.25, 0.3) is 0 Å². The summed E-state index contributed by atoms with van der Waals surface area (Å²) in [5.41, 5.74) is 0.455. The molecule has 0 bridgehead atoms. The van der Waals surface area contributed by atoms with Gasteiger partial charge in [0.25, 0.3) is 0 Å². The molecule has 0 amide bonds. The smallest absolute Gasteiger partial charge is 0.0462 e. The quantitative estimate of drug-likeness (QED) is 0.607. The Labute approximate surface area is 88.4 Å². The normalized spacial score (nSPS) is 17.4. The van der Waals surface area contributed by atoms with Crippen molar-refractivity contribution in [1.82, 2.24) is 5.32 Å². The molecular weight excluding hydrogens is 174 g/mol. The van der Waals surface area contributed by atoms with Gasteiger partial charge in [0.2, 0.25) is 0 Å². The SMILES string of the molecule is COCCCCC(C)(C)CNC1CC1. The van der Waals surface area contributed by atoms with Crippen molar-refractivity contribution < 1.29 is 4.74 Å². The lowest BCUT2D eigenvalue weighted by atomic mass is 9.87. The highest BCUT2D eigenvalue weighted by Crippen LogP contribution is 2.25. The molecule has 0 saturated heterocycles. The second-order valence-electron chi connectivity index (χ2n) is 5.27. The molecule has 84 valence electrons. The van der Waals surface area contributed by atoms with Crippen LogP contribution in [0, 0.1) is 5.41 Å². The molecule has 2 nitrogen and oxygen atoms in total. The van der Waals surface area contributed by atoms with E-state index >= 15 is 0 Å². The van der Waals surface area contributed by atoms with E-state index in [2.05, 4.69) is 19.2 Å². The fourth-order valence-electron chi connectivity index (χ4n) is 1.65. The van der Waals surface area contributed by atoms with Crippen LogP contribution in [-0.2, 0) is 4.74 Å². The van der Waals surface area contributed by atoms with Crippen molar-refractivity contribution >= 4 is 0 Å². The lowest BCUT2D eigenvalue weighted by molar-refractivity contribution is 0.185. The van der Waals surface area contributed by atoms with E-state index in [1.165, 1.54) is 38.6 Å². The van der Waals surface area contributed by atoms with Crippen molar-refractivity contribution in [2.24, 2.45) is 5.41 Å². The number of unbranched alkanes of at least 4 members (excludes halogenated alkanes) is 1. The van der Waals surface area contributed by atoms with E-state index in [-0.39, 0.29) is 0 Å². The molecule has 0 heterocycles. The highest BCUT2D eigenvalue weighted by atomic mass is 16.5. The Bertz CT molecular complexity index is 152. The lowest BCUT2D eigenvalue weighted by Gasteiger charge is -2.25. The molecule has 2 heteroatoms. The Kier molecular flexibility index (Phi) is 4.90. The first-order valence-corrected chi connectivity index (χ1v) is 5.86. The van der Waals surface area contributed by atoms with Gasteiger partial charge in [-0.05, 0) is 31.1 Å². The molecule has 0 spiro atoms. The van der Waals surface area contributed by atoms with Gasteiger partial charge in [0.15, 0.2) is 0 Å². The first-order valence-electron chi connectivity index (χ1n) is 5.86. The van der Waals surface area contributed by atoms with Crippen molar-refractivity contribution in [3.63, 3.8) is 0 Å². The number of nitrogens with one attached hydrogen (secondary N) is 1. The highest BCUT2D eigenvalue weighted by Gasteiger charge is 2.24. The molecular formula is C12H25NO. The average Bonchev–Trinajstić information content (AvgIpc) is 2.93. The summed E-state index contributed by atoms with van der Waals surface area (Å²) in [6.45, 7) is 6.79. The molecule has 1 saturated carbocycles. The summed E-state index contributed by atoms with van der Waals surface area (Å²) in [6.07, 6.45) is 6.56. The van der Waals surface area contributed by atoms with E-state index < -0.39 is 0 Å². The Morgan fingerprint density at radius 1 is 1.29 bits per heavy atom. The summed E-state index contributed by atoms with van der Waals surface area (Å²) in [7, 11) is 1.78. The molecule has 0 aliphatic heterocycles. The fourth-order valence-corrected chi connectivity index (χ4v) is 1.65. The summed E-state index contributed by atoms with van der Waals surface area (Å²) in [6, 6.07) is 0.841. The zero-order valence-corrected chi connectivity index (χ0v) is 9.94. The molecule has 1 aliphatic carbocycles. The molecule has 1 rings (SSSR count). The maximum Gasteiger partial charge on any atom is 0.0462 e. The molecule has 0 aromatic carbocycles. The molecule has 1 fully saturated rings. The van der Waals surface area contributed by atoms with Gasteiger partial charge in [-0.25, -0.2) is 0 Å². The minimum Gasteiger partial charge on any atom is -0.385 e. The van der Waals surface area contributed by atoms with E-state index in [4.69, 9.17) is 4.74 Å². The van der Waals surface area contributed by atoms with Crippen LogP contribution in [0.4, 0.5) is 0 Å². The van der Waals surface area contributed by atoms with Crippen LogP contribution in [0.15, 0.2) is 0 Å². The predicted octanol–water partition coefficient (Wildman–Crippen LogP) is 2.58. The van der Waals surface area contributed by atoms with Crippen LogP contribution >= 0.6 is 0 Å². The zero-order chi connectivity index (χ0) is 10.4. The summed E-state index contributed by atoms with van der Waals surface area (Å²) < 4.78 is 5.05. The Hall–Kier alpha value is -0.0800. The van der Waals surface area contributed by atoms with Crippen LogP contribution < -0.4 is 5.32 Å².